The summed E-state index contributed by atoms with van der Waals surface area (Å²) in [4.78, 5) is 21.5. The number of aromatic amines is 1. The van der Waals surface area contributed by atoms with E-state index < -0.39 is 0 Å². The van der Waals surface area contributed by atoms with Crippen molar-refractivity contribution in [3.8, 4) is 0 Å². The van der Waals surface area contributed by atoms with Crippen LogP contribution in [0.5, 0.6) is 0 Å². The summed E-state index contributed by atoms with van der Waals surface area (Å²) in [6.07, 6.45) is 0. The monoisotopic (exact) mass is 308 g/mol. The lowest BCUT2D eigenvalue weighted by Crippen LogP contribution is -2.27. The molecular weight excluding hydrogens is 288 g/mol. The van der Waals surface area contributed by atoms with Crippen LogP contribution in [0.2, 0.25) is 0 Å². The molecule has 0 amide bonds. The van der Waals surface area contributed by atoms with E-state index in [1.807, 2.05) is 50.5 Å². The molecule has 0 radical (unpaired) electrons. The molecular formula is C18H20N4O. The fourth-order valence-electron chi connectivity index (χ4n) is 2.64. The van der Waals surface area contributed by atoms with E-state index in [2.05, 4.69) is 32.3 Å². The summed E-state index contributed by atoms with van der Waals surface area (Å²) in [6.45, 7) is 0.651. The van der Waals surface area contributed by atoms with Crippen LogP contribution < -0.4 is 10.9 Å². The zero-order valence-corrected chi connectivity index (χ0v) is 13.3. The van der Waals surface area contributed by atoms with Gasteiger partial charge in [-0.05, 0) is 31.8 Å². The Morgan fingerprint density at radius 2 is 1.78 bits per heavy atom. The Morgan fingerprint density at radius 1 is 1.09 bits per heavy atom. The van der Waals surface area contributed by atoms with E-state index in [4.69, 9.17) is 0 Å². The molecule has 1 heterocycles. The third kappa shape index (κ3) is 3.40. The van der Waals surface area contributed by atoms with Gasteiger partial charge in [0, 0.05) is 6.54 Å². The van der Waals surface area contributed by atoms with Gasteiger partial charge in [0.2, 0.25) is 5.95 Å². The number of likely N-dealkylation sites (N-methyl/N-ethyl adjacent to an activating group) is 1. The molecule has 0 aliphatic heterocycles. The van der Waals surface area contributed by atoms with Gasteiger partial charge in [-0.1, -0.05) is 42.5 Å². The summed E-state index contributed by atoms with van der Waals surface area (Å²) in [6, 6.07) is 17.8. The maximum Gasteiger partial charge on any atom is 0.260 e. The van der Waals surface area contributed by atoms with Gasteiger partial charge in [-0.3, -0.25) is 9.78 Å². The first-order valence-corrected chi connectivity index (χ1v) is 7.59. The Labute approximate surface area is 135 Å². The molecule has 2 N–H and O–H groups in total. The first-order chi connectivity index (χ1) is 11.1. The van der Waals surface area contributed by atoms with E-state index in [0.717, 1.165) is 0 Å². The molecule has 3 aromatic rings. The Bertz CT molecular complexity index is 842. The van der Waals surface area contributed by atoms with E-state index in [0.29, 0.717) is 23.4 Å². The fraction of sp³-hybridized carbons (Fsp3) is 0.222. The highest BCUT2D eigenvalue weighted by Crippen LogP contribution is 2.18. The quantitative estimate of drug-likeness (QED) is 0.760. The lowest BCUT2D eigenvalue weighted by molar-refractivity contribution is 0.311. The number of hydrogen-bond donors (Lipinski definition) is 2. The molecule has 0 aliphatic rings. The van der Waals surface area contributed by atoms with Crippen molar-refractivity contribution in [1.29, 1.82) is 0 Å². The number of H-pyrrole nitrogens is 1. The molecule has 1 unspecified atom stereocenters. The van der Waals surface area contributed by atoms with Gasteiger partial charge in [-0.15, -0.1) is 0 Å². The van der Waals surface area contributed by atoms with E-state index in [9.17, 15) is 4.79 Å². The average molecular weight is 308 g/mol. The molecule has 118 valence electrons. The number of nitrogens with one attached hydrogen (secondary N) is 2. The van der Waals surface area contributed by atoms with E-state index in [1.165, 1.54) is 5.56 Å². The van der Waals surface area contributed by atoms with Crippen LogP contribution in [0.25, 0.3) is 10.9 Å². The zero-order chi connectivity index (χ0) is 16.2. The van der Waals surface area contributed by atoms with Gasteiger partial charge in [0.05, 0.1) is 16.9 Å². The number of hydrogen-bond acceptors (Lipinski definition) is 4. The number of nitrogens with zero attached hydrogens (tertiary/aromatic N) is 2. The lowest BCUT2D eigenvalue weighted by atomic mass is 10.1. The third-order valence-electron chi connectivity index (χ3n) is 3.88. The smallest absolute Gasteiger partial charge is 0.260 e. The third-order valence-corrected chi connectivity index (χ3v) is 3.88. The van der Waals surface area contributed by atoms with Gasteiger partial charge in [0.1, 0.15) is 0 Å². The van der Waals surface area contributed by atoms with Crippen molar-refractivity contribution in [2.24, 2.45) is 0 Å². The van der Waals surface area contributed by atoms with Gasteiger partial charge < -0.3 is 10.2 Å². The molecule has 0 bridgehead atoms. The second kappa shape index (κ2) is 6.62. The summed E-state index contributed by atoms with van der Waals surface area (Å²) >= 11 is 0. The maximum atomic E-state index is 12.1. The number of fused-ring (bicyclic) bond motifs is 1. The van der Waals surface area contributed by atoms with Crippen molar-refractivity contribution in [2.45, 2.75) is 6.04 Å². The Morgan fingerprint density at radius 3 is 2.52 bits per heavy atom. The first-order valence-electron chi connectivity index (χ1n) is 7.59. The molecule has 0 spiro atoms. The molecule has 0 saturated carbocycles. The van der Waals surface area contributed by atoms with Crippen LogP contribution in [-0.4, -0.2) is 35.5 Å². The normalized spacial score (nSPS) is 12.5. The average Bonchev–Trinajstić information content (AvgIpc) is 2.56. The van der Waals surface area contributed by atoms with E-state index >= 15 is 0 Å². The number of anilines is 1. The minimum absolute atomic E-state index is 0.126. The van der Waals surface area contributed by atoms with Crippen molar-refractivity contribution in [3.05, 3.63) is 70.5 Å². The maximum absolute atomic E-state index is 12.1. The minimum atomic E-state index is -0.126. The number of benzene rings is 2. The van der Waals surface area contributed by atoms with Crippen LogP contribution in [0, 0.1) is 0 Å². The van der Waals surface area contributed by atoms with Crippen molar-refractivity contribution in [3.63, 3.8) is 0 Å². The van der Waals surface area contributed by atoms with Crippen LogP contribution in [0.4, 0.5) is 5.95 Å². The Hall–Kier alpha value is -2.66. The van der Waals surface area contributed by atoms with Crippen molar-refractivity contribution < 1.29 is 0 Å². The first kappa shape index (κ1) is 15.2. The molecule has 1 atom stereocenters. The predicted molar refractivity (Wildman–Crippen MR) is 93.7 cm³/mol. The molecule has 0 aliphatic carbocycles. The molecule has 0 saturated heterocycles. The molecule has 23 heavy (non-hydrogen) atoms. The van der Waals surface area contributed by atoms with E-state index in [-0.39, 0.29) is 11.6 Å². The topological polar surface area (TPSA) is 61.0 Å². The van der Waals surface area contributed by atoms with Crippen LogP contribution in [0.1, 0.15) is 11.6 Å². The van der Waals surface area contributed by atoms with Gasteiger partial charge >= 0.3 is 0 Å². The molecule has 0 fully saturated rings. The molecule has 1 aromatic heterocycles. The van der Waals surface area contributed by atoms with Crippen LogP contribution in [0.15, 0.2) is 59.4 Å². The van der Waals surface area contributed by atoms with E-state index in [1.54, 1.807) is 6.07 Å². The number of aromatic nitrogens is 2. The molecule has 5 heteroatoms. The molecule has 5 nitrogen and oxygen atoms in total. The van der Waals surface area contributed by atoms with Crippen molar-refractivity contribution in [1.82, 2.24) is 14.9 Å². The summed E-state index contributed by atoms with van der Waals surface area (Å²) in [5.41, 5.74) is 1.78. The highest BCUT2D eigenvalue weighted by Gasteiger charge is 2.14. The molecule has 3 rings (SSSR count). The largest absolute Gasteiger partial charge is 0.354 e. The second-order valence-electron chi connectivity index (χ2n) is 5.70. The summed E-state index contributed by atoms with van der Waals surface area (Å²) in [5.74, 6) is 0.497. The highest BCUT2D eigenvalue weighted by atomic mass is 16.1. The van der Waals surface area contributed by atoms with Gasteiger partial charge in [-0.25, -0.2) is 4.98 Å². The van der Waals surface area contributed by atoms with Gasteiger partial charge in [0.15, 0.2) is 0 Å². The van der Waals surface area contributed by atoms with Crippen LogP contribution in [0.3, 0.4) is 0 Å². The lowest BCUT2D eigenvalue weighted by Gasteiger charge is -2.25. The minimum Gasteiger partial charge on any atom is -0.354 e. The van der Waals surface area contributed by atoms with Gasteiger partial charge in [0.25, 0.3) is 5.56 Å². The summed E-state index contributed by atoms with van der Waals surface area (Å²) in [5, 5.41) is 3.85. The predicted octanol–water partition coefficient (Wildman–Crippen LogP) is 2.64. The summed E-state index contributed by atoms with van der Waals surface area (Å²) in [7, 11) is 4.08. The van der Waals surface area contributed by atoms with Gasteiger partial charge in [-0.2, -0.15) is 0 Å². The van der Waals surface area contributed by atoms with Crippen molar-refractivity contribution >= 4 is 16.9 Å². The van der Waals surface area contributed by atoms with Crippen LogP contribution in [-0.2, 0) is 0 Å². The second-order valence-corrected chi connectivity index (χ2v) is 5.70. The Balaban J connectivity index is 1.83. The standard InChI is InChI=1S/C18H20N4O/c1-22(2)16(13-8-4-3-5-9-13)12-19-18-20-15-11-7-6-10-14(15)17(23)21-18/h3-11,16H,12H2,1-2H3,(H2,19,20,21,23). The summed E-state index contributed by atoms with van der Waals surface area (Å²) < 4.78 is 0. The van der Waals surface area contributed by atoms with Crippen molar-refractivity contribution in [2.75, 3.05) is 26.0 Å². The van der Waals surface area contributed by atoms with Crippen LogP contribution >= 0.6 is 0 Å². The number of rotatable bonds is 5. The fourth-order valence-corrected chi connectivity index (χ4v) is 2.64. The highest BCUT2D eigenvalue weighted by molar-refractivity contribution is 5.78. The SMILES string of the molecule is CN(C)C(CNc1nc2ccccc2c(=O)[nH]1)c1ccccc1. The number of para-hydroxylation sites is 1. The Kier molecular flexibility index (Phi) is 4.39. The zero-order valence-electron chi connectivity index (χ0n) is 13.3. The molecule has 2 aromatic carbocycles.